The molecule has 0 atom stereocenters. The molecule has 0 saturated heterocycles. The van der Waals surface area contributed by atoms with Crippen LogP contribution in [0.3, 0.4) is 0 Å². The van der Waals surface area contributed by atoms with Crippen LogP contribution in [0.15, 0.2) is 60.9 Å². The molecule has 0 aliphatic rings. The molecule has 1 aromatic carbocycles. The van der Waals surface area contributed by atoms with Crippen LogP contribution in [0.4, 0.5) is 5.69 Å². The molecule has 0 aliphatic carbocycles. The Bertz CT molecular complexity index is 1080. The Balaban J connectivity index is 1.39. The molecule has 0 fully saturated rings. The lowest BCUT2D eigenvalue weighted by molar-refractivity contribution is 0.102. The summed E-state index contributed by atoms with van der Waals surface area (Å²) in [7, 11) is 0. The fourth-order valence-corrected chi connectivity index (χ4v) is 3.29. The Hall–Kier alpha value is -3.59. The number of benzene rings is 1. The molecule has 0 radical (unpaired) electrons. The van der Waals surface area contributed by atoms with Gasteiger partial charge in [-0.25, -0.2) is 0 Å². The van der Waals surface area contributed by atoms with Crippen LogP contribution in [0.25, 0.3) is 5.82 Å². The topological polar surface area (TPSA) is 94.8 Å². The molecule has 0 saturated carbocycles. The second-order valence-electron chi connectivity index (χ2n) is 6.20. The Morgan fingerprint density at radius 2 is 1.86 bits per heavy atom. The van der Waals surface area contributed by atoms with Gasteiger partial charge >= 0.3 is 0 Å². The fourth-order valence-electron chi connectivity index (χ4n) is 2.69. The number of hydrogen-bond acceptors (Lipinski definition) is 7. The van der Waals surface area contributed by atoms with E-state index in [1.165, 1.54) is 0 Å². The highest BCUT2D eigenvalue weighted by Gasteiger charge is 2.15. The van der Waals surface area contributed by atoms with Crippen LogP contribution in [0.5, 0.6) is 11.6 Å². The predicted molar refractivity (Wildman–Crippen MR) is 110 cm³/mol. The lowest BCUT2D eigenvalue weighted by Crippen LogP contribution is -2.12. The summed E-state index contributed by atoms with van der Waals surface area (Å²) in [5.74, 6) is 1.48. The second kappa shape index (κ2) is 8.61. The zero-order valence-electron chi connectivity index (χ0n) is 15.6. The van der Waals surface area contributed by atoms with Gasteiger partial charge in [-0.2, -0.15) is 0 Å². The highest BCUT2D eigenvalue weighted by molar-refractivity contribution is 7.08. The molecule has 8 nitrogen and oxygen atoms in total. The first-order chi connectivity index (χ1) is 14.2. The number of ether oxygens (including phenoxy) is 1. The monoisotopic (exact) mass is 406 g/mol. The Kier molecular flexibility index (Phi) is 5.57. The number of carbonyl (C=O) groups excluding carboxylic acids is 1. The lowest BCUT2D eigenvalue weighted by atomic mass is 10.2. The van der Waals surface area contributed by atoms with Gasteiger partial charge in [0, 0.05) is 24.1 Å². The molecule has 0 spiro atoms. The maximum atomic E-state index is 12.4. The minimum absolute atomic E-state index is 0.205. The van der Waals surface area contributed by atoms with E-state index in [0.29, 0.717) is 28.0 Å². The van der Waals surface area contributed by atoms with Gasteiger partial charge < -0.3 is 14.6 Å². The van der Waals surface area contributed by atoms with Crippen LogP contribution in [-0.4, -0.2) is 30.3 Å². The molecule has 29 heavy (non-hydrogen) atoms. The molecule has 0 bridgehead atoms. The zero-order valence-corrected chi connectivity index (χ0v) is 16.5. The summed E-state index contributed by atoms with van der Waals surface area (Å²) in [5.41, 5.74) is 1.39. The van der Waals surface area contributed by atoms with Crippen LogP contribution in [-0.2, 0) is 6.42 Å². The van der Waals surface area contributed by atoms with Crippen LogP contribution >= 0.6 is 11.5 Å². The van der Waals surface area contributed by atoms with E-state index < -0.39 is 0 Å². The van der Waals surface area contributed by atoms with Crippen molar-refractivity contribution in [2.75, 3.05) is 5.32 Å². The van der Waals surface area contributed by atoms with Gasteiger partial charge in [0.2, 0.25) is 5.88 Å². The van der Waals surface area contributed by atoms with Crippen molar-refractivity contribution in [1.29, 1.82) is 0 Å². The largest absolute Gasteiger partial charge is 0.438 e. The van der Waals surface area contributed by atoms with Gasteiger partial charge in [0.15, 0.2) is 5.82 Å². The molecule has 1 amide bonds. The molecule has 0 unspecified atom stereocenters. The van der Waals surface area contributed by atoms with Crippen LogP contribution in [0, 0.1) is 0 Å². The number of carbonyl (C=O) groups is 1. The smallest absolute Gasteiger partial charge is 0.269 e. The van der Waals surface area contributed by atoms with Gasteiger partial charge in [-0.15, -0.1) is 15.3 Å². The van der Waals surface area contributed by atoms with Crippen molar-refractivity contribution in [3.63, 3.8) is 0 Å². The SMILES string of the molecule is CCCc1nnsc1C(=O)Nc1ccc(Oc2ccc(-n3cccc3)nn2)cc1. The van der Waals surface area contributed by atoms with E-state index in [4.69, 9.17) is 4.74 Å². The van der Waals surface area contributed by atoms with Crippen molar-refractivity contribution in [1.82, 2.24) is 24.4 Å². The number of aryl methyl sites for hydroxylation is 1. The maximum absolute atomic E-state index is 12.4. The summed E-state index contributed by atoms with van der Waals surface area (Å²) in [5, 5.41) is 15.1. The average molecular weight is 406 g/mol. The van der Waals surface area contributed by atoms with E-state index in [-0.39, 0.29) is 5.91 Å². The first-order valence-corrected chi connectivity index (χ1v) is 9.88. The normalized spacial score (nSPS) is 10.7. The number of anilines is 1. The van der Waals surface area contributed by atoms with Gasteiger partial charge in [0.05, 0.1) is 5.69 Å². The highest BCUT2D eigenvalue weighted by Crippen LogP contribution is 2.22. The van der Waals surface area contributed by atoms with Gasteiger partial charge in [0.1, 0.15) is 10.6 Å². The maximum Gasteiger partial charge on any atom is 0.269 e. The van der Waals surface area contributed by atoms with Crippen molar-refractivity contribution in [2.45, 2.75) is 19.8 Å². The van der Waals surface area contributed by atoms with Crippen molar-refractivity contribution in [3.8, 4) is 17.4 Å². The summed E-state index contributed by atoms with van der Waals surface area (Å²) >= 11 is 1.11. The number of nitrogens with zero attached hydrogens (tertiary/aromatic N) is 5. The minimum atomic E-state index is -0.205. The second-order valence-corrected chi connectivity index (χ2v) is 6.95. The summed E-state index contributed by atoms with van der Waals surface area (Å²) in [4.78, 5) is 13.0. The Morgan fingerprint density at radius 1 is 1.07 bits per heavy atom. The average Bonchev–Trinajstić information content (AvgIpc) is 3.43. The van der Waals surface area contributed by atoms with E-state index in [1.54, 1.807) is 30.3 Å². The summed E-state index contributed by atoms with van der Waals surface area (Å²) in [6.45, 7) is 2.04. The molecule has 4 rings (SSSR count). The van der Waals surface area contributed by atoms with Crippen molar-refractivity contribution >= 4 is 23.1 Å². The number of rotatable bonds is 7. The molecule has 4 aromatic rings. The number of hydrogen-bond donors (Lipinski definition) is 1. The predicted octanol–water partition coefficient (Wildman–Crippen LogP) is 4.12. The fraction of sp³-hybridized carbons (Fsp3) is 0.150. The molecule has 146 valence electrons. The third kappa shape index (κ3) is 4.46. The highest BCUT2D eigenvalue weighted by atomic mass is 32.1. The molecular weight excluding hydrogens is 388 g/mol. The first kappa shape index (κ1) is 18.8. The van der Waals surface area contributed by atoms with Crippen molar-refractivity contribution in [2.24, 2.45) is 0 Å². The Morgan fingerprint density at radius 3 is 2.55 bits per heavy atom. The van der Waals surface area contributed by atoms with Gasteiger partial charge in [-0.1, -0.05) is 17.8 Å². The minimum Gasteiger partial charge on any atom is -0.438 e. The first-order valence-electron chi connectivity index (χ1n) is 9.10. The number of amides is 1. The molecule has 3 aromatic heterocycles. The van der Waals surface area contributed by atoms with Gasteiger partial charge in [0.25, 0.3) is 5.91 Å². The summed E-state index contributed by atoms with van der Waals surface area (Å²) in [6, 6.07) is 14.5. The van der Waals surface area contributed by atoms with Crippen LogP contribution < -0.4 is 10.1 Å². The molecule has 3 heterocycles. The number of aromatic nitrogens is 5. The molecule has 9 heteroatoms. The van der Waals surface area contributed by atoms with E-state index >= 15 is 0 Å². The standard InChI is InChI=1S/C20H18N6O2S/c1-2-5-16-19(29-25-22-16)20(27)21-14-6-8-15(9-7-14)28-18-11-10-17(23-24-18)26-12-3-4-13-26/h3-4,6-13H,2,5H2,1H3,(H,21,27). The third-order valence-corrected chi connectivity index (χ3v) is 4.85. The Labute approximate surface area is 171 Å². The van der Waals surface area contributed by atoms with Gasteiger partial charge in [-0.3, -0.25) is 4.79 Å². The lowest BCUT2D eigenvalue weighted by Gasteiger charge is -2.07. The molecule has 1 N–H and O–H groups in total. The molecular formula is C20H18N6O2S. The van der Waals surface area contributed by atoms with Crippen LogP contribution in [0.2, 0.25) is 0 Å². The number of nitrogens with one attached hydrogen (secondary N) is 1. The van der Waals surface area contributed by atoms with E-state index in [0.717, 1.165) is 30.1 Å². The zero-order chi connectivity index (χ0) is 20.1. The van der Waals surface area contributed by atoms with E-state index in [2.05, 4.69) is 25.1 Å². The summed E-state index contributed by atoms with van der Waals surface area (Å²) < 4.78 is 11.5. The van der Waals surface area contributed by atoms with Crippen molar-refractivity contribution < 1.29 is 9.53 Å². The molecule has 0 aliphatic heterocycles. The van der Waals surface area contributed by atoms with E-state index in [1.807, 2.05) is 42.1 Å². The van der Waals surface area contributed by atoms with Crippen LogP contribution in [0.1, 0.15) is 28.7 Å². The van der Waals surface area contributed by atoms with E-state index in [9.17, 15) is 4.79 Å². The van der Waals surface area contributed by atoms with Gasteiger partial charge in [-0.05, 0) is 60.4 Å². The summed E-state index contributed by atoms with van der Waals surface area (Å²) in [6.07, 6.45) is 5.43. The third-order valence-electron chi connectivity index (χ3n) is 4.08. The quantitative estimate of drug-likeness (QED) is 0.496. The van der Waals surface area contributed by atoms with Crippen molar-refractivity contribution in [3.05, 3.63) is 71.5 Å².